The van der Waals surface area contributed by atoms with Crippen LogP contribution in [0.15, 0.2) is 64.5 Å². The van der Waals surface area contributed by atoms with E-state index in [4.69, 9.17) is 10.1 Å². The average Bonchev–Trinajstić information content (AvgIpc) is 2.98. The lowest BCUT2D eigenvalue weighted by Gasteiger charge is -2.38. The molecule has 0 atom stereocenters. The molecule has 5 rings (SSSR count). The normalized spacial score (nSPS) is 17.1. The van der Waals surface area contributed by atoms with Crippen LogP contribution in [-0.2, 0) is 20.0 Å². The Morgan fingerprint density at radius 1 is 0.952 bits per heavy atom. The number of aromatic nitrogens is 1. The van der Waals surface area contributed by atoms with Gasteiger partial charge in [0.1, 0.15) is 16.8 Å². The van der Waals surface area contributed by atoms with Crippen LogP contribution < -0.4 is 20.3 Å². The molecule has 2 fully saturated rings. The number of piperidine rings is 1. The SMILES string of the molecule is Cc1cc(C)c(S(=O)(=O)N2CCN(c3ccccc3S(N)(=O)=O)CC2)nc1N(c1ccccc1C#N)C1CCNCC1. The highest BCUT2D eigenvalue weighted by molar-refractivity contribution is 7.89. The van der Waals surface area contributed by atoms with E-state index in [-0.39, 0.29) is 29.1 Å². The number of hydrogen-bond donors (Lipinski definition) is 2. The summed E-state index contributed by atoms with van der Waals surface area (Å²) in [6.07, 6.45) is 1.64. The van der Waals surface area contributed by atoms with Crippen molar-refractivity contribution >= 4 is 37.2 Å². The van der Waals surface area contributed by atoms with Crippen molar-refractivity contribution in [2.45, 2.75) is 42.7 Å². The summed E-state index contributed by atoms with van der Waals surface area (Å²) in [7, 11) is -7.93. The maximum atomic E-state index is 14.0. The molecule has 13 heteroatoms. The van der Waals surface area contributed by atoms with Gasteiger partial charge in [-0.25, -0.2) is 27.0 Å². The number of para-hydroxylation sites is 2. The number of nitrogens with two attached hydrogens (primary N) is 1. The van der Waals surface area contributed by atoms with E-state index in [0.717, 1.165) is 31.5 Å². The average molecular weight is 610 g/mol. The Bertz CT molecular complexity index is 1720. The Kier molecular flexibility index (Phi) is 8.54. The van der Waals surface area contributed by atoms with E-state index in [1.54, 1.807) is 31.2 Å². The first-order valence-corrected chi connectivity index (χ1v) is 16.8. The minimum absolute atomic E-state index is 0.0117. The van der Waals surface area contributed by atoms with Crippen LogP contribution in [0.2, 0.25) is 0 Å². The topological polar surface area (TPSA) is 153 Å². The van der Waals surface area contributed by atoms with Crippen molar-refractivity contribution in [3.8, 4) is 6.07 Å². The van der Waals surface area contributed by atoms with Crippen molar-refractivity contribution in [3.63, 3.8) is 0 Å². The molecule has 3 N–H and O–H groups in total. The number of nitriles is 1. The van der Waals surface area contributed by atoms with Crippen LogP contribution in [0.5, 0.6) is 0 Å². The van der Waals surface area contributed by atoms with Crippen LogP contribution in [0.3, 0.4) is 0 Å². The highest BCUT2D eigenvalue weighted by Crippen LogP contribution is 2.36. The molecular weight excluding hydrogens is 574 g/mol. The molecule has 0 radical (unpaired) electrons. The summed E-state index contributed by atoms with van der Waals surface area (Å²) >= 11 is 0. The van der Waals surface area contributed by atoms with E-state index in [9.17, 15) is 22.1 Å². The molecule has 2 aliphatic heterocycles. The van der Waals surface area contributed by atoms with Crippen LogP contribution in [0.1, 0.15) is 29.5 Å². The molecular formula is C29H35N7O4S2. The number of pyridine rings is 1. The fourth-order valence-electron chi connectivity index (χ4n) is 5.81. The molecule has 0 unspecified atom stereocenters. The second-order valence-corrected chi connectivity index (χ2v) is 14.0. The predicted octanol–water partition coefficient (Wildman–Crippen LogP) is 2.62. The number of nitrogens with one attached hydrogen (secondary N) is 1. The van der Waals surface area contributed by atoms with Crippen LogP contribution in [0, 0.1) is 25.2 Å². The van der Waals surface area contributed by atoms with Gasteiger partial charge >= 0.3 is 0 Å². The summed E-state index contributed by atoms with van der Waals surface area (Å²) in [5, 5.41) is 18.7. The lowest BCUT2D eigenvalue weighted by molar-refractivity contribution is 0.382. The number of aryl methyl sites for hydroxylation is 2. The Morgan fingerprint density at radius 2 is 1.60 bits per heavy atom. The van der Waals surface area contributed by atoms with Gasteiger partial charge in [0.25, 0.3) is 10.0 Å². The molecule has 0 saturated carbocycles. The number of primary sulfonamides is 1. The van der Waals surface area contributed by atoms with Gasteiger partial charge in [-0.1, -0.05) is 24.3 Å². The van der Waals surface area contributed by atoms with E-state index in [0.29, 0.717) is 41.4 Å². The zero-order valence-electron chi connectivity index (χ0n) is 23.7. The summed E-state index contributed by atoms with van der Waals surface area (Å²) in [4.78, 5) is 8.71. The van der Waals surface area contributed by atoms with Gasteiger partial charge < -0.3 is 15.1 Å². The predicted molar refractivity (Wildman–Crippen MR) is 162 cm³/mol. The first-order chi connectivity index (χ1) is 20.0. The highest BCUT2D eigenvalue weighted by Gasteiger charge is 2.34. The summed E-state index contributed by atoms with van der Waals surface area (Å²) < 4.78 is 53.7. The van der Waals surface area contributed by atoms with Crippen LogP contribution in [-0.4, -0.2) is 71.4 Å². The van der Waals surface area contributed by atoms with Gasteiger partial charge in [-0.15, -0.1) is 0 Å². The lowest BCUT2D eigenvalue weighted by Crippen LogP contribution is -2.49. The third-order valence-electron chi connectivity index (χ3n) is 7.85. The maximum Gasteiger partial charge on any atom is 0.260 e. The molecule has 0 bridgehead atoms. The minimum Gasteiger partial charge on any atom is -0.368 e. The van der Waals surface area contributed by atoms with Crippen molar-refractivity contribution in [2.75, 3.05) is 49.1 Å². The highest BCUT2D eigenvalue weighted by atomic mass is 32.2. The lowest BCUT2D eigenvalue weighted by atomic mass is 10.0. The number of rotatable bonds is 7. The van der Waals surface area contributed by atoms with Crippen LogP contribution in [0.4, 0.5) is 17.2 Å². The molecule has 222 valence electrons. The quantitative estimate of drug-likeness (QED) is 0.412. The van der Waals surface area contributed by atoms with Crippen molar-refractivity contribution in [1.82, 2.24) is 14.6 Å². The Balaban J connectivity index is 1.49. The van der Waals surface area contributed by atoms with Crippen molar-refractivity contribution in [2.24, 2.45) is 5.14 Å². The third kappa shape index (κ3) is 5.86. The Labute approximate surface area is 247 Å². The number of benzene rings is 2. The van der Waals surface area contributed by atoms with Gasteiger partial charge in [-0.05, 0) is 81.2 Å². The fraction of sp³-hybridized carbons (Fsp3) is 0.379. The molecule has 2 saturated heterocycles. The Morgan fingerprint density at radius 3 is 2.26 bits per heavy atom. The fourth-order valence-corrected chi connectivity index (χ4v) is 8.12. The van der Waals surface area contributed by atoms with E-state index < -0.39 is 20.0 Å². The second-order valence-electron chi connectivity index (χ2n) is 10.6. The van der Waals surface area contributed by atoms with Gasteiger partial charge in [-0.3, -0.25) is 0 Å². The second kappa shape index (κ2) is 12.0. The maximum absolute atomic E-state index is 14.0. The van der Waals surface area contributed by atoms with Gasteiger partial charge in [0.05, 0.1) is 16.9 Å². The third-order valence-corrected chi connectivity index (χ3v) is 10.8. The standard InChI is InChI=1S/C29H35N7O4S2/c1-21-19-22(2)29(33-28(21)36(24-11-13-32-14-12-24)25-8-4-3-7-23(25)20-30)42(39,40)35-17-15-34(16-18-35)26-9-5-6-10-27(26)41(31,37)38/h3-10,19,24,32H,11-18H2,1-2H3,(H2,31,37,38). The minimum atomic E-state index is -3.99. The van der Waals surface area contributed by atoms with Gasteiger partial charge in [0.15, 0.2) is 5.03 Å². The molecule has 2 aromatic carbocycles. The monoisotopic (exact) mass is 609 g/mol. The Hall–Kier alpha value is -3.54. The van der Waals surface area contributed by atoms with Gasteiger partial charge in [-0.2, -0.15) is 9.57 Å². The van der Waals surface area contributed by atoms with Crippen molar-refractivity contribution in [3.05, 3.63) is 71.3 Å². The van der Waals surface area contributed by atoms with Crippen molar-refractivity contribution < 1.29 is 16.8 Å². The molecule has 0 amide bonds. The number of sulfonamides is 2. The molecule has 3 heterocycles. The molecule has 1 aromatic heterocycles. The molecule has 0 spiro atoms. The molecule has 2 aliphatic rings. The molecule has 11 nitrogen and oxygen atoms in total. The van der Waals surface area contributed by atoms with E-state index >= 15 is 0 Å². The molecule has 3 aromatic rings. The summed E-state index contributed by atoms with van der Waals surface area (Å²) in [6, 6.07) is 18.0. The first kappa shape index (κ1) is 29.9. The summed E-state index contributed by atoms with van der Waals surface area (Å²) in [5.74, 6) is 0.523. The number of nitrogens with zero attached hydrogens (tertiary/aromatic N) is 5. The largest absolute Gasteiger partial charge is 0.368 e. The zero-order valence-corrected chi connectivity index (χ0v) is 25.3. The van der Waals surface area contributed by atoms with Crippen molar-refractivity contribution in [1.29, 1.82) is 5.26 Å². The smallest absolute Gasteiger partial charge is 0.260 e. The number of piperazine rings is 1. The van der Waals surface area contributed by atoms with E-state index in [1.165, 1.54) is 10.4 Å². The van der Waals surface area contributed by atoms with E-state index in [1.807, 2.05) is 41.0 Å². The number of anilines is 3. The van der Waals surface area contributed by atoms with Gasteiger partial charge in [0, 0.05) is 32.2 Å². The van der Waals surface area contributed by atoms with Crippen LogP contribution >= 0.6 is 0 Å². The molecule has 0 aliphatic carbocycles. The molecule has 42 heavy (non-hydrogen) atoms. The first-order valence-electron chi connectivity index (χ1n) is 13.9. The van der Waals surface area contributed by atoms with E-state index in [2.05, 4.69) is 11.4 Å². The zero-order chi connectivity index (χ0) is 30.1. The summed E-state index contributed by atoms with van der Waals surface area (Å²) in [5.41, 5.74) is 3.02. The van der Waals surface area contributed by atoms with Crippen LogP contribution in [0.25, 0.3) is 0 Å². The summed E-state index contributed by atoms with van der Waals surface area (Å²) in [6.45, 7) is 6.17. The van der Waals surface area contributed by atoms with Gasteiger partial charge in [0.2, 0.25) is 10.0 Å². The number of hydrogen-bond acceptors (Lipinski definition) is 9.